The maximum Gasteiger partial charge on any atom is 0.161 e. The third kappa shape index (κ3) is 6.47. The zero-order chi connectivity index (χ0) is 22.2. The van der Waals surface area contributed by atoms with Crippen LogP contribution in [0.15, 0.2) is 42.5 Å². The first-order valence-electron chi connectivity index (χ1n) is 12.3. The molecule has 0 aliphatic carbocycles. The molecule has 2 aliphatic heterocycles. The van der Waals surface area contributed by atoms with Crippen LogP contribution in [-0.2, 0) is 0 Å². The Morgan fingerprint density at radius 3 is 2.31 bits per heavy atom. The Hall–Kier alpha value is -2.08. The highest BCUT2D eigenvalue weighted by Gasteiger charge is 2.19. The molecule has 4 rings (SSSR count). The number of β-amino-alcohol motifs (C(OH)–C–C–N with tert-alkyl or cyclic N) is 1. The topological polar surface area (TPSA) is 45.2 Å². The number of hydrogen-bond acceptors (Lipinski definition) is 5. The quantitative estimate of drug-likeness (QED) is 0.528. The number of hydrogen-bond donors (Lipinski definition) is 1. The Labute approximate surface area is 192 Å². The lowest BCUT2D eigenvalue weighted by atomic mass is 10.0. The average molecular weight is 439 g/mol. The number of aliphatic hydroxyl groups excluding tert-OH is 1. The van der Waals surface area contributed by atoms with Crippen molar-refractivity contribution < 1.29 is 14.6 Å². The minimum atomic E-state index is -0.162. The molecule has 0 spiro atoms. The van der Waals surface area contributed by atoms with Gasteiger partial charge in [-0.3, -0.25) is 0 Å². The number of ether oxygens (including phenoxy) is 2. The van der Waals surface area contributed by atoms with Gasteiger partial charge in [0.15, 0.2) is 11.5 Å². The summed E-state index contributed by atoms with van der Waals surface area (Å²) in [6.07, 6.45) is 5.36. The molecule has 0 bridgehead atoms. The second-order valence-electron chi connectivity index (χ2n) is 9.17. The van der Waals surface area contributed by atoms with Crippen LogP contribution in [0.4, 0.5) is 0 Å². The summed E-state index contributed by atoms with van der Waals surface area (Å²) in [5.41, 5.74) is 3.65. The molecule has 32 heavy (non-hydrogen) atoms. The second kappa shape index (κ2) is 11.7. The van der Waals surface area contributed by atoms with Crippen LogP contribution < -0.4 is 9.47 Å². The van der Waals surface area contributed by atoms with E-state index in [0.717, 1.165) is 62.5 Å². The van der Waals surface area contributed by atoms with Crippen LogP contribution in [0.25, 0.3) is 11.1 Å². The van der Waals surface area contributed by atoms with E-state index in [1.165, 1.54) is 37.1 Å². The van der Waals surface area contributed by atoms with E-state index in [1.807, 2.05) is 0 Å². The van der Waals surface area contributed by atoms with Gasteiger partial charge in [-0.1, -0.05) is 30.3 Å². The standard InChI is InChI=1S/C27H38N2O3/c1-22-8-2-3-9-25(22)23-10-11-26(31-18-7-16-29-17-12-24(30)21-29)27(20-23)32-19-6-15-28-13-4-5-14-28/h2-3,8-11,20,24,30H,4-7,12-19,21H2,1H3. The molecule has 2 heterocycles. The predicted molar refractivity (Wildman–Crippen MR) is 130 cm³/mol. The zero-order valence-electron chi connectivity index (χ0n) is 19.5. The molecule has 2 aromatic rings. The van der Waals surface area contributed by atoms with Gasteiger partial charge in [-0.05, 0) is 80.9 Å². The highest BCUT2D eigenvalue weighted by Crippen LogP contribution is 2.34. The van der Waals surface area contributed by atoms with E-state index >= 15 is 0 Å². The summed E-state index contributed by atoms with van der Waals surface area (Å²) in [6, 6.07) is 14.8. The Bertz CT molecular complexity index is 851. The van der Waals surface area contributed by atoms with E-state index in [2.05, 4.69) is 59.2 Å². The fourth-order valence-electron chi connectivity index (χ4n) is 4.77. The van der Waals surface area contributed by atoms with Crippen molar-refractivity contribution >= 4 is 0 Å². The van der Waals surface area contributed by atoms with E-state index in [0.29, 0.717) is 13.2 Å². The summed E-state index contributed by atoms with van der Waals surface area (Å²) < 4.78 is 12.4. The molecular formula is C27H38N2O3. The Balaban J connectivity index is 1.36. The van der Waals surface area contributed by atoms with E-state index in [1.54, 1.807) is 0 Å². The minimum Gasteiger partial charge on any atom is -0.490 e. The van der Waals surface area contributed by atoms with Gasteiger partial charge in [0, 0.05) is 26.2 Å². The van der Waals surface area contributed by atoms with Crippen LogP contribution in [0.2, 0.25) is 0 Å². The molecule has 1 N–H and O–H groups in total. The van der Waals surface area contributed by atoms with Gasteiger partial charge in [-0.25, -0.2) is 0 Å². The molecule has 0 saturated carbocycles. The Morgan fingerprint density at radius 1 is 0.875 bits per heavy atom. The maximum atomic E-state index is 9.69. The van der Waals surface area contributed by atoms with Gasteiger partial charge in [0.05, 0.1) is 19.3 Å². The van der Waals surface area contributed by atoms with Crippen molar-refractivity contribution in [2.75, 3.05) is 52.5 Å². The first-order valence-corrected chi connectivity index (χ1v) is 12.3. The molecule has 2 saturated heterocycles. The smallest absolute Gasteiger partial charge is 0.161 e. The summed E-state index contributed by atoms with van der Waals surface area (Å²) in [5.74, 6) is 1.66. The van der Waals surface area contributed by atoms with Crippen molar-refractivity contribution in [2.45, 2.75) is 45.1 Å². The van der Waals surface area contributed by atoms with Crippen LogP contribution in [0.1, 0.15) is 37.7 Å². The molecule has 2 aromatic carbocycles. The summed E-state index contributed by atoms with van der Waals surface area (Å²) in [4.78, 5) is 4.84. The molecule has 1 unspecified atom stereocenters. The van der Waals surface area contributed by atoms with Gasteiger partial charge in [0.1, 0.15) is 0 Å². The fraction of sp³-hybridized carbons (Fsp3) is 0.556. The zero-order valence-corrected chi connectivity index (χ0v) is 19.5. The first-order chi connectivity index (χ1) is 15.7. The van der Waals surface area contributed by atoms with Gasteiger partial charge < -0.3 is 24.4 Å². The first kappa shape index (κ1) is 23.1. The third-order valence-electron chi connectivity index (χ3n) is 6.60. The number of aryl methyl sites for hydroxylation is 1. The summed E-state index contributed by atoms with van der Waals surface area (Å²) in [5, 5.41) is 9.69. The summed E-state index contributed by atoms with van der Waals surface area (Å²) >= 11 is 0. The molecule has 0 aromatic heterocycles. The molecule has 0 radical (unpaired) electrons. The lowest BCUT2D eigenvalue weighted by Gasteiger charge is -2.18. The second-order valence-corrected chi connectivity index (χ2v) is 9.17. The van der Waals surface area contributed by atoms with Crippen LogP contribution in [-0.4, -0.2) is 73.5 Å². The number of rotatable bonds is 11. The Kier molecular flexibility index (Phi) is 8.43. The molecule has 5 heteroatoms. The number of nitrogens with zero attached hydrogens (tertiary/aromatic N) is 2. The normalized spacial score (nSPS) is 19.5. The van der Waals surface area contributed by atoms with Crippen LogP contribution in [0.3, 0.4) is 0 Å². The highest BCUT2D eigenvalue weighted by molar-refractivity contribution is 5.70. The molecule has 1 atom stereocenters. The van der Waals surface area contributed by atoms with Gasteiger partial charge >= 0.3 is 0 Å². The maximum absolute atomic E-state index is 9.69. The van der Waals surface area contributed by atoms with Gasteiger partial charge in [0.25, 0.3) is 0 Å². The molecule has 174 valence electrons. The predicted octanol–water partition coefficient (Wildman–Crippen LogP) is 4.36. The van der Waals surface area contributed by atoms with E-state index in [9.17, 15) is 5.11 Å². The largest absolute Gasteiger partial charge is 0.490 e. The molecular weight excluding hydrogens is 400 g/mol. The molecule has 2 aliphatic rings. The number of benzene rings is 2. The molecule has 0 amide bonds. The molecule has 5 nitrogen and oxygen atoms in total. The van der Waals surface area contributed by atoms with Crippen molar-refractivity contribution in [1.82, 2.24) is 9.80 Å². The average Bonchev–Trinajstić information content (AvgIpc) is 3.47. The van der Waals surface area contributed by atoms with Crippen LogP contribution in [0.5, 0.6) is 11.5 Å². The van der Waals surface area contributed by atoms with Gasteiger partial charge in [-0.15, -0.1) is 0 Å². The minimum absolute atomic E-state index is 0.162. The summed E-state index contributed by atoms with van der Waals surface area (Å²) in [6.45, 7) is 9.80. The van der Waals surface area contributed by atoms with E-state index < -0.39 is 0 Å². The fourth-order valence-corrected chi connectivity index (χ4v) is 4.77. The highest BCUT2D eigenvalue weighted by atomic mass is 16.5. The van der Waals surface area contributed by atoms with Gasteiger partial charge in [-0.2, -0.15) is 0 Å². The van der Waals surface area contributed by atoms with Crippen molar-refractivity contribution in [3.05, 3.63) is 48.0 Å². The van der Waals surface area contributed by atoms with Crippen molar-refractivity contribution in [3.63, 3.8) is 0 Å². The molecule has 2 fully saturated rings. The van der Waals surface area contributed by atoms with Crippen LogP contribution >= 0.6 is 0 Å². The van der Waals surface area contributed by atoms with E-state index in [4.69, 9.17) is 9.47 Å². The van der Waals surface area contributed by atoms with Crippen molar-refractivity contribution in [3.8, 4) is 22.6 Å². The SMILES string of the molecule is Cc1ccccc1-c1ccc(OCCCN2CCC(O)C2)c(OCCCN2CCCC2)c1. The van der Waals surface area contributed by atoms with Gasteiger partial charge in [0.2, 0.25) is 0 Å². The lowest BCUT2D eigenvalue weighted by molar-refractivity contribution is 0.172. The Morgan fingerprint density at radius 2 is 1.59 bits per heavy atom. The van der Waals surface area contributed by atoms with Crippen LogP contribution in [0, 0.1) is 6.92 Å². The third-order valence-corrected chi connectivity index (χ3v) is 6.60. The lowest BCUT2D eigenvalue weighted by Crippen LogP contribution is -2.24. The number of likely N-dealkylation sites (tertiary alicyclic amines) is 2. The van der Waals surface area contributed by atoms with E-state index in [-0.39, 0.29) is 6.10 Å². The monoisotopic (exact) mass is 438 g/mol. The van der Waals surface area contributed by atoms with Crippen molar-refractivity contribution in [2.24, 2.45) is 0 Å². The van der Waals surface area contributed by atoms with Crippen molar-refractivity contribution in [1.29, 1.82) is 0 Å². The summed E-state index contributed by atoms with van der Waals surface area (Å²) in [7, 11) is 0. The number of aliphatic hydroxyl groups is 1.